The molecule has 0 atom stereocenters. The van der Waals surface area contributed by atoms with Gasteiger partial charge < -0.3 is 19.3 Å². The van der Waals surface area contributed by atoms with Gasteiger partial charge in [0.1, 0.15) is 5.75 Å². The highest BCUT2D eigenvalue weighted by atomic mass is 16.5. The topological polar surface area (TPSA) is 60.8 Å². The lowest BCUT2D eigenvalue weighted by Gasteiger charge is -2.15. The van der Waals surface area contributed by atoms with Gasteiger partial charge in [-0.05, 0) is 66.3 Å². The molecule has 2 aromatic carbocycles. The average Bonchev–Trinajstić information content (AvgIpc) is 2.78. The number of aromatic nitrogens is 1. The second-order valence-corrected chi connectivity index (χ2v) is 6.70. The summed E-state index contributed by atoms with van der Waals surface area (Å²) in [7, 11) is 4.93. The van der Waals surface area contributed by atoms with Gasteiger partial charge in [-0.25, -0.2) is 0 Å². The van der Waals surface area contributed by atoms with Crippen molar-refractivity contribution in [3.8, 4) is 39.5 Å². The van der Waals surface area contributed by atoms with E-state index in [2.05, 4.69) is 11.1 Å². The van der Waals surface area contributed by atoms with Gasteiger partial charge >= 0.3 is 0 Å². The van der Waals surface area contributed by atoms with Crippen molar-refractivity contribution in [3.63, 3.8) is 0 Å². The molecule has 152 valence electrons. The maximum absolute atomic E-state index is 9.06. The van der Waals surface area contributed by atoms with E-state index in [0.29, 0.717) is 11.5 Å². The van der Waals surface area contributed by atoms with Gasteiger partial charge in [-0.15, -0.1) is 0 Å². The van der Waals surface area contributed by atoms with E-state index in [1.807, 2.05) is 48.7 Å². The fourth-order valence-corrected chi connectivity index (χ4v) is 3.30. The number of aryl methyl sites for hydroxylation is 1. The number of hydrogen-bond acceptors (Lipinski definition) is 5. The summed E-state index contributed by atoms with van der Waals surface area (Å²) in [6, 6.07) is 16.0. The van der Waals surface area contributed by atoms with Gasteiger partial charge in [-0.1, -0.05) is 18.2 Å². The molecule has 0 unspecified atom stereocenters. The zero-order valence-electron chi connectivity index (χ0n) is 17.1. The van der Waals surface area contributed by atoms with Crippen LogP contribution in [0.25, 0.3) is 22.3 Å². The maximum Gasteiger partial charge on any atom is 0.161 e. The van der Waals surface area contributed by atoms with Crippen LogP contribution < -0.4 is 14.2 Å². The summed E-state index contributed by atoms with van der Waals surface area (Å²) in [5.74, 6) is 2.19. The van der Waals surface area contributed by atoms with E-state index >= 15 is 0 Å². The Balaban J connectivity index is 2.08. The summed E-state index contributed by atoms with van der Waals surface area (Å²) < 4.78 is 16.2. The predicted octanol–water partition coefficient (Wildman–Crippen LogP) is 4.76. The highest BCUT2D eigenvalue weighted by Crippen LogP contribution is 2.37. The molecule has 1 aromatic heterocycles. The van der Waals surface area contributed by atoms with Crippen LogP contribution in [-0.4, -0.2) is 38.0 Å². The molecule has 5 heteroatoms. The largest absolute Gasteiger partial charge is 0.497 e. The predicted molar refractivity (Wildman–Crippen MR) is 115 cm³/mol. The summed E-state index contributed by atoms with van der Waals surface area (Å²) >= 11 is 0. The molecule has 29 heavy (non-hydrogen) atoms. The third-order valence-electron chi connectivity index (χ3n) is 4.90. The van der Waals surface area contributed by atoms with Crippen LogP contribution in [0, 0.1) is 0 Å². The Kier molecular flexibility index (Phi) is 7.09. The number of rotatable bonds is 9. The second-order valence-electron chi connectivity index (χ2n) is 6.70. The van der Waals surface area contributed by atoms with Crippen LogP contribution in [0.5, 0.6) is 17.2 Å². The molecule has 0 spiro atoms. The molecule has 3 rings (SSSR count). The Hall–Kier alpha value is -3.05. The van der Waals surface area contributed by atoms with E-state index in [-0.39, 0.29) is 6.61 Å². The number of unbranched alkanes of at least 4 members (excludes halogenated alkanes) is 1. The summed E-state index contributed by atoms with van der Waals surface area (Å²) in [6.45, 7) is 0.201. The number of methoxy groups -OCH3 is 3. The minimum atomic E-state index is 0.201. The molecule has 0 fully saturated rings. The fourth-order valence-electron chi connectivity index (χ4n) is 3.30. The van der Waals surface area contributed by atoms with Gasteiger partial charge in [0, 0.05) is 24.1 Å². The summed E-state index contributed by atoms with van der Waals surface area (Å²) in [6.07, 6.45) is 4.41. The number of aliphatic hydroxyl groups is 1. The second kappa shape index (κ2) is 9.94. The van der Waals surface area contributed by atoms with Gasteiger partial charge in [0.15, 0.2) is 11.5 Å². The van der Waals surface area contributed by atoms with Crippen LogP contribution in [0.15, 0.2) is 54.7 Å². The lowest BCUT2D eigenvalue weighted by atomic mass is 9.94. The van der Waals surface area contributed by atoms with Gasteiger partial charge in [0.2, 0.25) is 0 Å². The Morgan fingerprint density at radius 2 is 1.48 bits per heavy atom. The van der Waals surface area contributed by atoms with Crippen molar-refractivity contribution in [2.75, 3.05) is 27.9 Å². The molecular weight excluding hydrogens is 366 g/mol. The summed E-state index contributed by atoms with van der Waals surface area (Å²) in [5.41, 5.74) is 5.20. The van der Waals surface area contributed by atoms with Gasteiger partial charge in [-0.2, -0.15) is 0 Å². The first kappa shape index (κ1) is 20.7. The molecule has 0 aliphatic rings. The normalized spacial score (nSPS) is 10.6. The fraction of sp³-hybridized carbons (Fsp3) is 0.292. The first-order valence-corrected chi connectivity index (χ1v) is 9.66. The van der Waals surface area contributed by atoms with Crippen molar-refractivity contribution in [2.24, 2.45) is 0 Å². The molecule has 0 aliphatic carbocycles. The molecule has 1 N–H and O–H groups in total. The SMILES string of the molecule is COc1ccc(-c2cnc(CCCCO)cc2-c2ccc(OC)c(OC)c2)cc1. The van der Waals surface area contributed by atoms with Crippen molar-refractivity contribution >= 4 is 0 Å². The van der Waals surface area contributed by atoms with Gasteiger partial charge in [-0.3, -0.25) is 4.98 Å². The monoisotopic (exact) mass is 393 g/mol. The average molecular weight is 393 g/mol. The van der Waals surface area contributed by atoms with Crippen molar-refractivity contribution in [1.82, 2.24) is 4.98 Å². The van der Waals surface area contributed by atoms with E-state index < -0.39 is 0 Å². The van der Waals surface area contributed by atoms with E-state index in [4.69, 9.17) is 19.3 Å². The van der Waals surface area contributed by atoms with E-state index in [1.165, 1.54) is 0 Å². The first-order valence-electron chi connectivity index (χ1n) is 9.66. The van der Waals surface area contributed by atoms with Crippen molar-refractivity contribution in [3.05, 3.63) is 60.4 Å². The van der Waals surface area contributed by atoms with Crippen LogP contribution in [0.4, 0.5) is 0 Å². The molecule has 0 radical (unpaired) electrons. The number of ether oxygens (including phenoxy) is 3. The van der Waals surface area contributed by atoms with Crippen molar-refractivity contribution < 1.29 is 19.3 Å². The zero-order valence-corrected chi connectivity index (χ0v) is 17.1. The lowest BCUT2D eigenvalue weighted by Crippen LogP contribution is -1.97. The van der Waals surface area contributed by atoms with E-state index in [1.54, 1.807) is 21.3 Å². The summed E-state index contributed by atoms with van der Waals surface area (Å²) in [5, 5.41) is 9.06. The van der Waals surface area contributed by atoms with Gasteiger partial charge in [0.05, 0.1) is 21.3 Å². The zero-order chi connectivity index (χ0) is 20.6. The molecule has 5 nitrogen and oxygen atoms in total. The Labute approximate surface area is 171 Å². The molecule has 0 bridgehead atoms. The van der Waals surface area contributed by atoms with Gasteiger partial charge in [0.25, 0.3) is 0 Å². The van der Waals surface area contributed by atoms with Crippen LogP contribution >= 0.6 is 0 Å². The van der Waals surface area contributed by atoms with Crippen molar-refractivity contribution in [1.29, 1.82) is 0 Å². The minimum Gasteiger partial charge on any atom is -0.497 e. The Bertz CT molecular complexity index is 938. The third-order valence-corrected chi connectivity index (χ3v) is 4.90. The van der Waals surface area contributed by atoms with Crippen LogP contribution in [0.1, 0.15) is 18.5 Å². The van der Waals surface area contributed by atoms with E-state index in [0.717, 1.165) is 53.0 Å². The number of benzene rings is 2. The molecule has 0 aliphatic heterocycles. The lowest BCUT2D eigenvalue weighted by molar-refractivity contribution is 0.284. The number of pyridine rings is 1. The maximum atomic E-state index is 9.06. The van der Waals surface area contributed by atoms with Crippen LogP contribution in [0.3, 0.4) is 0 Å². The smallest absolute Gasteiger partial charge is 0.161 e. The quantitative estimate of drug-likeness (QED) is 0.531. The van der Waals surface area contributed by atoms with E-state index in [9.17, 15) is 0 Å². The molecule has 0 saturated heterocycles. The Morgan fingerprint density at radius 3 is 2.14 bits per heavy atom. The van der Waals surface area contributed by atoms with Crippen LogP contribution in [0.2, 0.25) is 0 Å². The summed E-state index contributed by atoms with van der Waals surface area (Å²) in [4.78, 5) is 4.66. The van der Waals surface area contributed by atoms with Crippen LogP contribution in [-0.2, 0) is 6.42 Å². The number of hydrogen-bond donors (Lipinski definition) is 1. The number of aliphatic hydroxyl groups excluding tert-OH is 1. The molecule has 1 heterocycles. The third kappa shape index (κ3) is 4.87. The standard InChI is InChI=1S/C24H27NO4/c1-27-20-10-7-17(8-11-20)22-16-25-19(6-4-5-13-26)15-21(22)18-9-12-23(28-2)24(14-18)29-3/h7-12,14-16,26H,4-6,13H2,1-3H3. The highest BCUT2D eigenvalue weighted by molar-refractivity contribution is 5.84. The Morgan fingerprint density at radius 1 is 0.759 bits per heavy atom. The molecular formula is C24H27NO4. The highest BCUT2D eigenvalue weighted by Gasteiger charge is 2.13. The minimum absolute atomic E-state index is 0.201. The molecule has 0 amide bonds. The number of nitrogens with zero attached hydrogens (tertiary/aromatic N) is 1. The molecule has 3 aromatic rings. The molecule has 0 saturated carbocycles. The van der Waals surface area contributed by atoms with Crippen molar-refractivity contribution in [2.45, 2.75) is 19.3 Å². The first-order chi connectivity index (χ1) is 14.2.